The first-order valence-electron chi connectivity index (χ1n) is 6.52. The van der Waals surface area contributed by atoms with Gasteiger partial charge in [0.2, 0.25) is 0 Å². The minimum Gasteiger partial charge on any atom is -0.495 e. The standard InChI is InChI=1S/C16H15ClN2O3/c1-10(20)11-4-3-5-13(8-11)18-16(21)19-14-9-12(17)6-7-15(14)22-2/h3-9H,1-2H3,(H2,18,19,21). The number of amides is 2. The summed E-state index contributed by atoms with van der Waals surface area (Å²) in [6.45, 7) is 1.47. The molecule has 0 aliphatic heterocycles. The van der Waals surface area contributed by atoms with Crippen LogP contribution < -0.4 is 15.4 Å². The minimum atomic E-state index is -0.457. The summed E-state index contributed by atoms with van der Waals surface area (Å²) in [6.07, 6.45) is 0. The van der Waals surface area contributed by atoms with E-state index in [0.717, 1.165) is 0 Å². The molecule has 2 amide bonds. The maximum absolute atomic E-state index is 12.0. The predicted octanol–water partition coefficient (Wildman–Crippen LogP) is 4.20. The molecule has 0 atom stereocenters. The van der Waals surface area contributed by atoms with Gasteiger partial charge in [-0.1, -0.05) is 23.7 Å². The highest BCUT2D eigenvalue weighted by atomic mass is 35.5. The van der Waals surface area contributed by atoms with Gasteiger partial charge >= 0.3 is 6.03 Å². The third kappa shape index (κ3) is 3.99. The lowest BCUT2D eigenvalue weighted by Crippen LogP contribution is -2.20. The van der Waals surface area contributed by atoms with Crippen LogP contribution in [0, 0.1) is 0 Å². The summed E-state index contributed by atoms with van der Waals surface area (Å²) < 4.78 is 5.16. The van der Waals surface area contributed by atoms with E-state index in [4.69, 9.17) is 16.3 Å². The second kappa shape index (κ2) is 6.95. The van der Waals surface area contributed by atoms with Crippen LogP contribution in [0.15, 0.2) is 42.5 Å². The highest BCUT2D eigenvalue weighted by Gasteiger charge is 2.09. The van der Waals surface area contributed by atoms with E-state index in [0.29, 0.717) is 27.7 Å². The van der Waals surface area contributed by atoms with E-state index in [1.807, 2.05) is 0 Å². The first-order chi connectivity index (χ1) is 10.5. The Labute approximate surface area is 133 Å². The zero-order valence-electron chi connectivity index (χ0n) is 12.1. The van der Waals surface area contributed by atoms with Crippen molar-refractivity contribution in [3.8, 4) is 5.75 Å². The molecule has 2 N–H and O–H groups in total. The topological polar surface area (TPSA) is 67.4 Å². The zero-order chi connectivity index (χ0) is 16.1. The van der Waals surface area contributed by atoms with Gasteiger partial charge in [0, 0.05) is 16.3 Å². The maximum Gasteiger partial charge on any atom is 0.323 e. The molecule has 0 aliphatic carbocycles. The molecule has 0 unspecified atom stereocenters. The Morgan fingerprint density at radius 1 is 1.09 bits per heavy atom. The van der Waals surface area contributed by atoms with Crippen molar-refractivity contribution in [1.29, 1.82) is 0 Å². The van der Waals surface area contributed by atoms with Crippen molar-refractivity contribution in [3.63, 3.8) is 0 Å². The lowest BCUT2D eigenvalue weighted by molar-refractivity contribution is 0.101. The first kappa shape index (κ1) is 15.9. The SMILES string of the molecule is COc1ccc(Cl)cc1NC(=O)Nc1cccc(C(C)=O)c1. The number of urea groups is 1. The number of Topliss-reactive ketones (excluding diaryl/α,β-unsaturated/α-hetero) is 1. The lowest BCUT2D eigenvalue weighted by Gasteiger charge is -2.12. The van der Waals surface area contributed by atoms with Gasteiger partial charge in [-0.2, -0.15) is 0 Å². The van der Waals surface area contributed by atoms with Crippen molar-refractivity contribution in [1.82, 2.24) is 0 Å². The van der Waals surface area contributed by atoms with E-state index in [-0.39, 0.29) is 5.78 Å². The van der Waals surface area contributed by atoms with Gasteiger partial charge in [0.15, 0.2) is 5.78 Å². The van der Waals surface area contributed by atoms with Gasteiger partial charge in [0.1, 0.15) is 5.75 Å². The summed E-state index contributed by atoms with van der Waals surface area (Å²) in [6, 6.07) is 11.2. The lowest BCUT2D eigenvalue weighted by atomic mass is 10.1. The Bertz CT molecular complexity index is 716. The van der Waals surface area contributed by atoms with Crippen molar-refractivity contribution in [3.05, 3.63) is 53.1 Å². The van der Waals surface area contributed by atoms with Gasteiger partial charge in [-0.25, -0.2) is 4.79 Å². The van der Waals surface area contributed by atoms with Crippen LogP contribution in [0.25, 0.3) is 0 Å². The average molecular weight is 319 g/mol. The third-order valence-corrected chi connectivity index (χ3v) is 3.17. The number of ketones is 1. The number of anilines is 2. The van der Waals surface area contributed by atoms with Crippen molar-refractivity contribution >= 4 is 34.8 Å². The maximum atomic E-state index is 12.0. The van der Waals surface area contributed by atoms with Gasteiger partial charge in [-0.3, -0.25) is 4.79 Å². The van der Waals surface area contributed by atoms with Gasteiger partial charge in [0.25, 0.3) is 0 Å². The van der Waals surface area contributed by atoms with Crippen LogP contribution in [-0.4, -0.2) is 18.9 Å². The number of halogens is 1. The van der Waals surface area contributed by atoms with Crippen LogP contribution in [-0.2, 0) is 0 Å². The molecule has 0 saturated heterocycles. The largest absolute Gasteiger partial charge is 0.495 e. The number of benzene rings is 2. The molecular formula is C16H15ClN2O3. The predicted molar refractivity (Wildman–Crippen MR) is 87.1 cm³/mol. The molecule has 2 aromatic rings. The van der Waals surface area contributed by atoms with E-state index in [9.17, 15) is 9.59 Å². The highest BCUT2D eigenvalue weighted by molar-refractivity contribution is 6.31. The number of rotatable bonds is 4. The molecule has 0 radical (unpaired) electrons. The second-order valence-electron chi connectivity index (χ2n) is 4.56. The zero-order valence-corrected chi connectivity index (χ0v) is 12.9. The smallest absolute Gasteiger partial charge is 0.323 e. The fourth-order valence-electron chi connectivity index (χ4n) is 1.88. The van der Waals surface area contributed by atoms with Crippen LogP contribution in [0.3, 0.4) is 0 Å². The van der Waals surface area contributed by atoms with Crippen molar-refractivity contribution in [2.45, 2.75) is 6.92 Å². The number of methoxy groups -OCH3 is 1. The molecule has 0 aliphatic rings. The summed E-state index contributed by atoms with van der Waals surface area (Å²) in [5, 5.41) is 5.79. The molecule has 22 heavy (non-hydrogen) atoms. The normalized spacial score (nSPS) is 9.95. The van der Waals surface area contributed by atoms with Gasteiger partial charge < -0.3 is 15.4 Å². The monoisotopic (exact) mass is 318 g/mol. The summed E-state index contributed by atoms with van der Waals surface area (Å²) >= 11 is 5.91. The van der Waals surface area contributed by atoms with Crippen LogP contribution in [0.4, 0.5) is 16.2 Å². The molecule has 0 bridgehead atoms. The van der Waals surface area contributed by atoms with Crippen LogP contribution in [0.1, 0.15) is 17.3 Å². The Morgan fingerprint density at radius 2 is 1.86 bits per heavy atom. The summed E-state index contributed by atoms with van der Waals surface area (Å²) in [5.41, 5.74) is 1.50. The number of hydrogen-bond acceptors (Lipinski definition) is 3. The number of ether oxygens (including phenoxy) is 1. The van der Waals surface area contributed by atoms with Gasteiger partial charge in [0.05, 0.1) is 12.8 Å². The fourth-order valence-corrected chi connectivity index (χ4v) is 2.05. The molecule has 0 fully saturated rings. The summed E-state index contributed by atoms with van der Waals surface area (Å²) in [7, 11) is 1.50. The Hall–Kier alpha value is -2.53. The second-order valence-corrected chi connectivity index (χ2v) is 5.00. The molecule has 0 heterocycles. The minimum absolute atomic E-state index is 0.0689. The molecule has 114 valence electrons. The van der Waals surface area contributed by atoms with E-state index < -0.39 is 6.03 Å². The summed E-state index contributed by atoms with van der Waals surface area (Å²) in [4.78, 5) is 23.4. The summed E-state index contributed by atoms with van der Waals surface area (Å²) in [5.74, 6) is 0.428. The van der Waals surface area contributed by atoms with Crippen molar-refractivity contribution < 1.29 is 14.3 Å². The molecular weight excluding hydrogens is 304 g/mol. The quantitative estimate of drug-likeness (QED) is 0.830. The molecule has 0 spiro atoms. The molecule has 2 rings (SSSR count). The molecule has 2 aromatic carbocycles. The van der Waals surface area contributed by atoms with E-state index in [1.54, 1.807) is 42.5 Å². The Balaban J connectivity index is 2.12. The fraction of sp³-hybridized carbons (Fsp3) is 0.125. The van der Waals surface area contributed by atoms with Crippen LogP contribution >= 0.6 is 11.6 Å². The van der Waals surface area contributed by atoms with Crippen LogP contribution in [0.5, 0.6) is 5.75 Å². The highest BCUT2D eigenvalue weighted by Crippen LogP contribution is 2.27. The number of carbonyl (C=O) groups is 2. The molecule has 6 heteroatoms. The number of carbonyl (C=O) groups excluding carboxylic acids is 2. The third-order valence-electron chi connectivity index (χ3n) is 2.94. The number of hydrogen-bond donors (Lipinski definition) is 2. The van der Waals surface area contributed by atoms with E-state index in [2.05, 4.69) is 10.6 Å². The van der Waals surface area contributed by atoms with Crippen molar-refractivity contribution in [2.75, 3.05) is 17.7 Å². The Kier molecular flexibility index (Phi) is 5.01. The molecule has 0 saturated carbocycles. The molecule has 5 nitrogen and oxygen atoms in total. The van der Waals surface area contributed by atoms with Gasteiger partial charge in [-0.15, -0.1) is 0 Å². The van der Waals surface area contributed by atoms with E-state index >= 15 is 0 Å². The van der Waals surface area contributed by atoms with Crippen molar-refractivity contribution in [2.24, 2.45) is 0 Å². The first-order valence-corrected chi connectivity index (χ1v) is 6.90. The number of nitrogens with one attached hydrogen (secondary N) is 2. The average Bonchev–Trinajstić information content (AvgIpc) is 2.47. The van der Waals surface area contributed by atoms with Gasteiger partial charge in [-0.05, 0) is 37.3 Å². The van der Waals surface area contributed by atoms with E-state index in [1.165, 1.54) is 14.0 Å². The Morgan fingerprint density at radius 3 is 2.55 bits per heavy atom. The van der Waals surface area contributed by atoms with Crippen LogP contribution in [0.2, 0.25) is 5.02 Å². The molecule has 0 aromatic heterocycles.